The van der Waals surface area contributed by atoms with Crippen molar-refractivity contribution in [3.63, 3.8) is 0 Å². The van der Waals surface area contributed by atoms with Crippen molar-refractivity contribution in [3.05, 3.63) is 32.9 Å². The van der Waals surface area contributed by atoms with Crippen molar-refractivity contribution in [2.45, 2.75) is 25.7 Å². The highest BCUT2D eigenvalue weighted by atomic mass is 127. The first-order valence-electron chi connectivity index (χ1n) is 7.38. The van der Waals surface area contributed by atoms with Gasteiger partial charge in [0, 0.05) is 16.0 Å². The second-order valence-electron chi connectivity index (χ2n) is 5.31. The van der Waals surface area contributed by atoms with E-state index in [1.165, 1.54) is 5.56 Å². The topological polar surface area (TPSA) is 64.9 Å². The number of piperidine rings is 1. The second-order valence-corrected chi connectivity index (χ2v) is 6.39. The first-order chi connectivity index (χ1) is 10.2. The lowest BCUT2D eigenvalue weighted by Crippen LogP contribution is -2.38. The maximum absolute atomic E-state index is 12.0. The summed E-state index contributed by atoms with van der Waals surface area (Å²) in [5, 5.41) is 15.3. The molecule has 5 heteroatoms. The molecule has 1 aromatic carbocycles. The molecule has 4 nitrogen and oxygen atoms in total. The van der Waals surface area contributed by atoms with E-state index >= 15 is 0 Å². The minimum absolute atomic E-state index is 0.174. The zero-order valence-electron chi connectivity index (χ0n) is 12.0. The van der Waals surface area contributed by atoms with Crippen molar-refractivity contribution >= 4 is 28.5 Å². The number of nitriles is 1. The average molecular weight is 397 g/mol. The predicted octanol–water partition coefficient (Wildman–Crippen LogP) is 2.21. The van der Waals surface area contributed by atoms with Crippen molar-refractivity contribution in [1.82, 2.24) is 10.6 Å². The summed E-state index contributed by atoms with van der Waals surface area (Å²) in [5.41, 5.74) is 1.91. The molecule has 1 heterocycles. The lowest BCUT2D eigenvalue weighted by Gasteiger charge is -2.21. The monoisotopic (exact) mass is 397 g/mol. The summed E-state index contributed by atoms with van der Waals surface area (Å²) in [6.45, 7) is 2.59. The molecule has 1 amide bonds. The molecular formula is C16H20IN3O. The normalized spacial score (nSPS) is 15.4. The van der Waals surface area contributed by atoms with Gasteiger partial charge in [-0.3, -0.25) is 4.79 Å². The van der Waals surface area contributed by atoms with Gasteiger partial charge in [-0.25, -0.2) is 0 Å². The Morgan fingerprint density at radius 3 is 2.90 bits per heavy atom. The summed E-state index contributed by atoms with van der Waals surface area (Å²) in [6.07, 6.45) is 3.67. The first kappa shape index (κ1) is 16.2. The zero-order valence-corrected chi connectivity index (χ0v) is 14.2. The van der Waals surface area contributed by atoms with Crippen molar-refractivity contribution in [1.29, 1.82) is 5.26 Å². The quantitative estimate of drug-likeness (QED) is 0.592. The van der Waals surface area contributed by atoms with E-state index in [0.717, 1.165) is 47.9 Å². The number of benzene rings is 1. The van der Waals surface area contributed by atoms with E-state index in [9.17, 15) is 4.79 Å². The van der Waals surface area contributed by atoms with Crippen LogP contribution >= 0.6 is 22.6 Å². The third kappa shape index (κ3) is 4.68. The standard InChI is InChI=1S/C16H20IN3O/c17-15-12(3-1-4-14(15)11-18)5-2-8-20-16(21)13-6-9-19-10-7-13/h1,3-4,13,19H,2,5-10H2,(H,20,21). The zero-order chi connectivity index (χ0) is 15.1. The summed E-state index contributed by atoms with van der Waals surface area (Å²) in [7, 11) is 0. The summed E-state index contributed by atoms with van der Waals surface area (Å²) in [5.74, 6) is 0.366. The molecule has 0 bridgehead atoms. The van der Waals surface area contributed by atoms with Crippen LogP contribution in [-0.2, 0) is 11.2 Å². The molecule has 0 saturated carbocycles. The van der Waals surface area contributed by atoms with Crippen LogP contribution in [0.25, 0.3) is 0 Å². The van der Waals surface area contributed by atoms with Crippen molar-refractivity contribution in [2.75, 3.05) is 19.6 Å². The molecular weight excluding hydrogens is 377 g/mol. The lowest BCUT2D eigenvalue weighted by molar-refractivity contribution is -0.125. The minimum Gasteiger partial charge on any atom is -0.356 e. The smallest absolute Gasteiger partial charge is 0.223 e. The van der Waals surface area contributed by atoms with E-state index in [4.69, 9.17) is 5.26 Å². The molecule has 1 aliphatic rings. The van der Waals surface area contributed by atoms with Gasteiger partial charge in [0.25, 0.3) is 0 Å². The number of hydrogen-bond acceptors (Lipinski definition) is 3. The number of amides is 1. The molecule has 1 fully saturated rings. The Labute approximate surface area is 139 Å². The minimum atomic E-state index is 0.174. The SMILES string of the molecule is N#Cc1cccc(CCCNC(=O)C2CCNCC2)c1I. The van der Waals surface area contributed by atoms with Gasteiger partial charge in [-0.2, -0.15) is 5.26 Å². The van der Waals surface area contributed by atoms with Crippen LogP contribution in [0.3, 0.4) is 0 Å². The van der Waals surface area contributed by atoms with E-state index < -0.39 is 0 Å². The predicted molar refractivity (Wildman–Crippen MR) is 90.8 cm³/mol. The van der Waals surface area contributed by atoms with Gasteiger partial charge in [-0.1, -0.05) is 12.1 Å². The highest BCUT2D eigenvalue weighted by Gasteiger charge is 2.20. The van der Waals surface area contributed by atoms with E-state index in [1.54, 1.807) is 0 Å². The summed E-state index contributed by atoms with van der Waals surface area (Å²) < 4.78 is 1.03. The Morgan fingerprint density at radius 1 is 1.43 bits per heavy atom. The van der Waals surface area contributed by atoms with E-state index in [0.29, 0.717) is 6.54 Å². The number of carbonyl (C=O) groups is 1. The van der Waals surface area contributed by atoms with Crippen molar-refractivity contribution in [2.24, 2.45) is 5.92 Å². The van der Waals surface area contributed by atoms with Crippen LogP contribution < -0.4 is 10.6 Å². The molecule has 2 N–H and O–H groups in total. The molecule has 0 aliphatic carbocycles. The molecule has 0 unspecified atom stereocenters. The molecule has 2 rings (SSSR count). The number of nitrogens with one attached hydrogen (secondary N) is 2. The molecule has 1 aromatic rings. The molecule has 0 radical (unpaired) electrons. The Bertz CT molecular complexity index is 533. The van der Waals surface area contributed by atoms with E-state index in [2.05, 4.69) is 45.4 Å². The number of nitrogens with zero attached hydrogens (tertiary/aromatic N) is 1. The number of rotatable bonds is 5. The van der Waals surface area contributed by atoms with Crippen molar-refractivity contribution in [3.8, 4) is 6.07 Å². The van der Waals surface area contributed by atoms with E-state index in [-0.39, 0.29) is 11.8 Å². The van der Waals surface area contributed by atoms with Crippen LogP contribution in [0, 0.1) is 20.8 Å². The second kappa shape index (κ2) is 8.35. The maximum atomic E-state index is 12.0. The third-order valence-electron chi connectivity index (χ3n) is 3.83. The van der Waals surface area contributed by atoms with Gasteiger partial charge >= 0.3 is 0 Å². The summed E-state index contributed by atoms with van der Waals surface area (Å²) >= 11 is 2.22. The van der Waals surface area contributed by atoms with Crippen LogP contribution in [0.5, 0.6) is 0 Å². The fourth-order valence-corrected chi connectivity index (χ4v) is 3.33. The summed E-state index contributed by atoms with van der Waals surface area (Å²) in [4.78, 5) is 12.0. The Morgan fingerprint density at radius 2 is 2.19 bits per heavy atom. The number of carbonyl (C=O) groups excluding carboxylic acids is 1. The Hall–Kier alpha value is -1.13. The van der Waals surface area contributed by atoms with Crippen LogP contribution in [0.1, 0.15) is 30.4 Å². The highest BCUT2D eigenvalue weighted by molar-refractivity contribution is 14.1. The Balaban J connectivity index is 1.75. The molecule has 0 atom stereocenters. The Kier molecular flexibility index (Phi) is 6.46. The average Bonchev–Trinajstić information content (AvgIpc) is 2.53. The molecule has 1 saturated heterocycles. The van der Waals surface area contributed by atoms with Gasteiger partial charge in [0.15, 0.2) is 0 Å². The lowest BCUT2D eigenvalue weighted by atomic mass is 9.97. The van der Waals surface area contributed by atoms with Crippen LogP contribution in [0.15, 0.2) is 18.2 Å². The molecule has 0 aromatic heterocycles. The fraction of sp³-hybridized carbons (Fsp3) is 0.500. The fourth-order valence-electron chi connectivity index (χ4n) is 2.58. The molecule has 1 aliphatic heterocycles. The third-order valence-corrected chi connectivity index (χ3v) is 5.11. The molecule has 0 spiro atoms. The number of aryl methyl sites for hydroxylation is 1. The van der Waals surface area contributed by atoms with Gasteiger partial charge in [-0.15, -0.1) is 0 Å². The first-order valence-corrected chi connectivity index (χ1v) is 8.46. The molecule has 21 heavy (non-hydrogen) atoms. The van der Waals surface area contributed by atoms with Gasteiger partial charge in [0.05, 0.1) is 5.56 Å². The van der Waals surface area contributed by atoms with Crippen LogP contribution in [-0.4, -0.2) is 25.5 Å². The van der Waals surface area contributed by atoms with Gasteiger partial charge in [0.1, 0.15) is 6.07 Å². The molecule has 112 valence electrons. The van der Waals surface area contributed by atoms with Gasteiger partial charge in [-0.05, 0) is 73.0 Å². The number of halogens is 1. The van der Waals surface area contributed by atoms with E-state index in [1.807, 2.05) is 12.1 Å². The largest absolute Gasteiger partial charge is 0.356 e. The van der Waals surface area contributed by atoms with Crippen LogP contribution in [0.4, 0.5) is 0 Å². The van der Waals surface area contributed by atoms with Gasteiger partial charge in [0.2, 0.25) is 5.91 Å². The highest BCUT2D eigenvalue weighted by Crippen LogP contribution is 2.18. The van der Waals surface area contributed by atoms with Crippen molar-refractivity contribution < 1.29 is 4.79 Å². The van der Waals surface area contributed by atoms with Gasteiger partial charge < -0.3 is 10.6 Å². The number of hydrogen-bond donors (Lipinski definition) is 2. The maximum Gasteiger partial charge on any atom is 0.223 e. The summed E-state index contributed by atoms with van der Waals surface area (Å²) in [6, 6.07) is 8.01. The van der Waals surface area contributed by atoms with Crippen LogP contribution in [0.2, 0.25) is 0 Å².